The first-order chi connectivity index (χ1) is 8.71. The molecule has 0 aliphatic heterocycles. The van der Waals surface area contributed by atoms with Gasteiger partial charge in [0.15, 0.2) is 0 Å². The van der Waals surface area contributed by atoms with E-state index in [1.165, 1.54) is 0 Å². The SMILES string of the molecule is CCN(CC)CCCNc1nc(NC)ncc1C. The Balaban J connectivity index is 2.39. The second kappa shape index (κ2) is 7.87. The lowest BCUT2D eigenvalue weighted by Gasteiger charge is -2.18. The molecule has 0 fully saturated rings. The van der Waals surface area contributed by atoms with Crippen molar-refractivity contribution in [1.29, 1.82) is 0 Å². The number of hydrogen-bond donors (Lipinski definition) is 2. The van der Waals surface area contributed by atoms with Gasteiger partial charge < -0.3 is 15.5 Å². The van der Waals surface area contributed by atoms with Crippen LogP contribution in [0.15, 0.2) is 6.20 Å². The average molecular weight is 251 g/mol. The van der Waals surface area contributed by atoms with E-state index in [1.807, 2.05) is 20.2 Å². The molecule has 0 bridgehead atoms. The molecule has 0 aromatic carbocycles. The maximum absolute atomic E-state index is 4.40. The highest BCUT2D eigenvalue weighted by Crippen LogP contribution is 2.11. The summed E-state index contributed by atoms with van der Waals surface area (Å²) < 4.78 is 0. The molecule has 1 rings (SSSR count). The highest BCUT2D eigenvalue weighted by atomic mass is 15.1. The smallest absolute Gasteiger partial charge is 0.224 e. The van der Waals surface area contributed by atoms with Crippen molar-refractivity contribution in [3.8, 4) is 0 Å². The lowest BCUT2D eigenvalue weighted by Crippen LogP contribution is -2.25. The molecule has 1 aromatic heterocycles. The van der Waals surface area contributed by atoms with Gasteiger partial charge in [-0.15, -0.1) is 0 Å². The second-order valence-electron chi connectivity index (χ2n) is 4.28. The van der Waals surface area contributed by atoms with Gasteiger partial charge >= 0.3 is 0 Å². The standard InChI is InChI=1S/C13H25N5/c1-5-18(6-2)9-7-8-15-12-11(3)10-16-13(14-4)17-12/h10H,5-9H2,1-4H3,(H2,14,15,16,17). The predicted molar refractivity (Wildman–Crippen MR) is 77.2 cm³/mol. The van der Waals surface area contributed by atoms with E-state index in [2.05, 4.69) is 39.3 Å². The highest BCUT2D eigenvalue weighted by molar-refractivity contribution is 5.46. The minimum atomic E-state index is 0.659. The minimum absolute atomic E-state index is 0.659. The summed E-state index contributed by atoms with van der Waals surface area (Å²) >= 11 is 0. The largest absolute Gasteiger partial charge is 0.370 e. The molecule has 18 heavy (non-hydrogen) atoms. The zero-order valence-electron chi connectivity index (χ0n) is 12.0. The zero-order valence-corrected chi connectivity index (χ0v) is 12.0. The Hall–Kier alpha value is -1.36. The van der Waals surface area contributed by atoms with E-state index in [9.17, 15) is 0 Å². The molecule has 0 saturated heterocycles. The van der Waals surface area contributed by atoms with E-state index >= 15 is 0 Å². The van der Waals surface area contributed by atoms with Crippen LogP contribution in [0.5, 0.6) is 0 Å². The van der Waals surface area contributed by atoms with Gasteiger partial charge in [0.05, 0.1) is 0 Å². The van der Waals surface area contributed by atoms with Gasteiger partial charge in [0.2, 0.25) is 5.95 Å². The molecule has 1 heterocycles. The molecule has 5 heteroatoms. The summed E-state index contributed by atoms with van der Waals surface area (Å²) in [5.74, 6) is 1.58. The van der Waals surface area contributed by atoms with Crippen molar-refractivity contribution in [3.05, 3.63) is 11.8 Å². The van der Waals surface area contributed by atoms with Crippen molar-refractivity contribution in [2.45, 2.75) is 27.2 Å². The molecule has 0 amide bonds. The number of rotatable bonds is 8. The normalized spacial score (nSPS) is 10.7. The van der Waals surface area contributed by atoms with E-state index < -0.39 is 0 Å². The van der Waals surface area contributed by atoms with E-state index in [0.29, 0.717) is 5.95 Å². The number of nitrogens with zero attached hydrogens (tertiary/aromatic N) is 3. The van der Waals surface area contributed by atoms with Crippen LogP contribution in [0.4, 0.5) is 11.8 Å². The molecule has 102 valence electrons. The van der Waals surface area contributed by atoms with Crippen LogP contribution in [0.1, 0.15) is 25.8 Å². The molecule has 0 unspecified atom stereocenters. The Kier molecular flexibility index (Phi) is 6.43. The highest BCUT2D eigenvalue weighted by Gasteiger charge is 2.03. The van der Waals surface area contributed by atoms with Gasteiger partial charge in [0.1, 0.15) is 5.82 Å². The third-order valence-electron chi connectivity index (χ3n) is 3.03. The van der Waals surface area contributed by atoms with Gasteiger partial charge in [-0.05, 0) is 33.0 Å². The van der Waals surface area contributed by atoms with Crippen molar-refractivity contribution >= 4 is 11.8 Å². The third-order valence-corrected chi connectivity index (χ3v) is 3.03. The van der Waals surface area contributed by atoms with Crippen molar-refractivity contribution in [2.24, 2.45) is 0 Å². The molecule has 0 atom stereocenters. The number of aryl methyl sites for hydroxylation is 1. The fraction of sp³-hybridized carbons (Fsp3) is 0.692. The van der Waals surface area contributed by atoms with Gasteiger partial charge in [0, 0.05) is 25.4 Å². The Morgan fingerprint density at radius 1 is 1.28 bits per heavy atom. The molecular formula is C13H25N5. The summed E-state index contributed by atoms with van der Waals surface area (Å²) in [6, 6.07) is 0. The first kappa shape index (κ1) is 14.7. The fourth-order valence-corrected chi connectivity index (χ4v) is 1.79. The van der Waals surface area contributed by atoms with Crippen molar-refractivity contribution in [3.63, 3.8) is 0 Å². The molecule has 0 spiro atoms. The number of anilines is 2. The topological polar surface area (TPSA) is 53.1 Å². The average Bonchev–Trinajstić information content (AvgIpc) is 2.41. The minimum Gasteiger partial charge on any atom is -0.370 e. The molecule has 0 saturated carbocycles. The number of hydrogen-bond acceptors (Lipinski definition) is 5. The Labute approximate surface area is 110 Å². The second-order valence-corrected chi connectivity index (χ2v) is 4.28. The Bertz CT molecular complexity index is 349. The van der Waals surface area contributed by atoms with E-state index in [4.69, 9.17) is 0 Å². The summed E-state index contributed by atoms with van der Waals surface area (Å²) in [4.78, 5) is 11.0. The summed E-state index contributed by atoms with van der Waals surface area (Å²) in [6.07, 6.45) is 2.96. The summed E-state index contributed by atoms with van der Waals surface area (Å²) in [6.45, 7) is 10.7. The Morgan fingerprint density at radius 2 is 2.00 bits per heavy atom. The van der Waals surface area contributed by atoms with Gasteiger partial charge in [-0.25, -0.2) is 4.98 Å². The molecule has 5 nitrogen and oxygen atoms in total. The van der Waals surface area contributed by atoms with Gasteiger partial charge in [-0.3, -0.25) is 0 Å². The van der Waals surface area contributed by atoms with Gasteiger partial charge in [-0.2, -0.15) is 4.98 Å². The first-order valence-corrected chi connectivity index (χ1v) is 6.68. The number of nitrogens with one attached hydrogen (secondary N) is 2. The Morgan fingerprint density at radius 3 is 2.61 bits per heavy atom. The molecule has 2 N–H and O–H groups in total. The summed E-state index contributed by atoms with van der Waals surface area (Å²) in [5, 5.41) is 6.32. The van der Waals surface area contributed by atoms with Crippen molar-refractivity contribution < 1.29 is 0 Å². The van der Waals surface area contributed by atoms with E-state index in [1.54, 1.807) is 0 Å². The lowest BCUT2D eigenvalue weighted by atomic mass is 10.3. The van der Waals surface area contributed by atoms with Crippen LogP contribution >= 0.6 is 0 Å². The quantitative estimate of drug-likeness (QED) is 0.692. The summed E-state index contributed by atoms with van der Waals surface area (Å²) in [7, 11) is 1.83. The third kappa shape index (κ3) is 4.49. The molecule has 0 aliphatic carbocycles. The maximum Gasteiger partial charge on any atom is 0.224 e. The van der Waals surface area contributed by atoms with Crippen LogP contribution in [0.3, 0.4) is 0 Å². The van der Waals surface area contributed by atoms with Crippen molar-refractivity contribution in [2.75, 3.05) is 43.9 Å². The van der Waals surface area contributed by atoms with Crippen molar-refractivity contribution in [1.82, 2.24) is 14.9 Å². The molecule has 0 aliphatic rings. The van der Waals surface area contributed by atoms with Crippen LogP contribution < -0.4 is 10.6 Å². The monoisotopic (exact) mass is 251 g/mol. The van der Waals surface area contributed by atoms with Crippen LogP contribution in [-0.2, 0) is 0 Å². The fourth-order valence-electron chi connectivity index (χ4n) is 1.79. The molecule has 1 aromatic rings. The van der Waals surface area contributed by atoms with Gasteiger partial charge in [0.25, 0.3) is 0 Å². The number of aromatic nitrogens is 2. The molecular weight excluding hydrogens is 226 g/mol. The van der Waals surface area contributed by atoms with Crippen LogP contribution in [0.25, 0.3) is 0 Å². The predicted octanol–water partition coefficient (Wildman–Crippen LogP) is 1.97. The van der Waals surface area contributed by atoms with E-state index in [0.717, 1.165) is 44.0 Å². The summed E-state index contributed by atoms with van der Waals surface area (Å²) in [5.41, 5.74) is 1.08. The van der Waals surface area contributed by atoms with Gasteiger partial charge in [-0.1, -0.05) is 13.8 Å². The van der Waals surface area contributed by atoms with E-state index in [-0.39, 0.29) is 0 Å². The first-order valence-electron chi connectivity index (χ1n) is 6.68. The maximum atomic E-state index is 4.40. The van der Waals surface area contributed by atoms with Crippen LogP contribution in [-0.4, -0.2) is 48.1 Å². The van der Waals surface area contributed by atoms with Crippen LogP contribution in [0, 0.1) is 6.92 Å². The zero-order chi connectivity index (χ0) is 13.4. The lowest BCUT2D eigenvalue weighted by molar-refractivity contribution is 0.303. The van der Waals surface area contributed by atoms with Crippen LogP contribution in [0.2, 0.25) is 0 Å². The molecule has 0 radical (unpaired) electrons.